The van der Waals surface area contributed by atoms with Gasteiger partial charge in [-0.25, -0.2) is 0 Å². The van der Waals surface area contributed by atoms with Gasteiger partial charge >= 0.3 is 0 Å². The molecule has 8 heteroatoms. The number of carbonyl (C=O) groups is 1. The summed E-state index contributed by atoms with van der Waals surface area (Å²) in [5.74, 6) is -0.206. The highest BCUT2D eigenvalue weighted by Crippen LogP contribution is 2.24. The number of aryl methyl sites for hydroxylation is 1. The van der Waals surface area contributed by atoms with Crippen LogP contribution in [0, 0.1) is 17.0 Å². The molecule has 120 valence electrons. The van der Waals surface area contributed by atoms with Crippen molar-refractivity contribution in [2.75, 3.05) is 6.54 Å². The number of hydrogen-bond acceptors (Lipinski definition) is 5. The Morgan fingerprint density at radius 3 is 3.00 bits per heavy atom. The summed E-state index contributed by atoms with van der Waals surface area (Å²) >= 11 is 1.68. The van der Waals surface area contributed by atoms with Gasteiger partial charge in [0.15, 0.2) is 0 Å². The standard InChI is InChI=1S/C15H15N3O4S/c1-10-6-14(19)17(8-12(10)18(21)22)9-15(20)16-4-2-13-11(7-16)3-5-23-13/h3,5-6,8H,2,4,7,9H2,1H3. The molecule has 0 saturated carbocycles. The molecule has 0 saturated heterocycles. The summed E-state index contributed by atoms with van der Waals surface area (Å²) in [5.41, 5.74) is 0.868. The van der Waals surface area contributed by atoms with Gasteiger partial charge in [0.1, 0.15) is 6.54 Å². The van der Waals surface area contributed by atoms with Gasteiger partial charge in [-0.05, 0) is 30.4 Å². The van der Waals surface area contributed by atoms with Crippen molar-refractivity contribution in [1.82, 2.24) is 9.47 Å². The smallest absolute Gasteiger partial charge is 0.288 e. The van der Waals surface area contributed by atoms with E-state index in [9.17, 15) is 19.7 Å². The number of nitro groups is 1. The molecule has 2 aromatic rings. The van der Waals surface area contributed by atoms with Crippen molar-refractivity contribution >= 4 is 22.9 Å². The van der Waals surface area contributed by atoms with Crippen LogP contribution in [0.4, 0.5) is 5.69 Å². The molecular formula is C15H15N3O4S. The fourth-order valence-electron chi connectivity index (χ4n) is 2.68. The molecule has 2 aromatic heterocycles. The molecule has 0 unspecified atom stereocenters. The maximum Gasteiger partial charge on any atom is 0.288 e. The number of thiophene rings is 1. The predicted octanol–water partition coefficient (Wildman–Crippen LogP) is 1.71. The second kappa shape index (κ2) is 5.96. The molecule has 3 rings (SSSR count). The fraction of sp³-hybridized carbons (Fsp3) is 0.333. The minimum absolute atomic E-state index is 0.156. The third kappa shape index (κ3) is 3.02. The van der Waals surface area contributed by atoms with Gasteiger partial charge in [0.25, 0.3) is 11.2 Å². The summed E-state index contributed by atoms with van der Waals surface area (Å²) in [4.78, 5) is 37.8. The molecule has 0 N–H and O–H groups in total. The Balaban J connectivity index is 1.80. The fourth-order valence-corrected chi connectivity index (χ4v) is 3.57. The zero-order chi connectivity index (χ0) is 16.6. The molecule has 0 atom stereocenters. The second-order valence-corrected chi connectivity index (χ2v) is 6.50. The van der Waals surface area contributed by atoms with E-state index in [1.165, 1.54) is 17.9 Å². The maximum absolute atomic E-state index is 12.4. The summed E-state index contributed by atoms with van der Waals surface area (Å²) in [5, 5.41) is 13.0. The van der Waals surface area contributed by atoms with E-state index in [0.29, 0.717) is 18.7 Å². The summed E-state index contributed by atoms with van der Waals surface area (Å²) in [6.07, 6.45) is 1.96. The molecule has 1 aliphatic heterocycles. The first-order valence-corrected chi connectivity index (χ1v) is 8.02. The molecule has 0 aliphatic carbocycles. The minimum atomic E-state index is -0.547. The topological polar surface area (TPSA) is 85.5 Å². The Hall–Kier alpha value is -2.48. The number of carbonyl (C=O) groups excluding carboxylic acids is 1. The molecule has 1 aliphatic rings. The second-order valence-electron chi connectivity index (χ2n) is 5.50. The first-order chi connectivity index (χ1) is 11.0. The average Bonchev–Trinajstić information content (AvgIpc) is 2.96. The van der Waals surface area contributed by atoms with E-state index in [4.69, 9.17) is 0 Å². The van der Waals surface area contributed by atoms with Gasteiger partial charge < -0.3 is 4.90 Å². The number of nitrogens with zero attached hydrogens (tertiary/aromatic N) is 3. The van der Waals surface area contributed by atoms with Gasteiger partial charge in [0, 0.05) is 29.6 Å². The van der Waals surface area contributed by atoms with E-state index >= 15 is 0 Å². The predicted molar refractivity (Wildman–Crippen MR) is 85.5 cm³/mol. The Morgan fingerprint density at radius 2 is 2.26 bits per heavy atom. The number of fused-ring (bicyclic) bond motifs is 1. The molecule has 0 bridgehead atoms. The first-order valence-electron chi connectivity index (χ1n) is 7.14. The van der Waals surface area contributed by atoms with Gasteiger partial charge in [-0.1, -0.05) is 0 Å². The molecule has 1 amide bonds. The zero-order valence-corrected chi connectivity index (χ0v) is 13.3. The highest BCUT2D eigenvalue weighted by atomic mass is 32.1. The van der Waals surface area contributed by atoms with E-state index in [2.05, 4.69) is 0 Å². The largest absolute Gasteiger partial charge is 0.336 e. The summed E-state index contributed by atoms with van der Waals surface area (Å²) in [7, 11) is 0. The Morgan fingerprint density at radius 1 is 1.48 bits per heavy atom. The van der Waals surface area contributed by atoms with Crippen molar-refractivity contribution in [3.63, 3.8) is 0 Å². The third-order valence-electron chi connectivity index (χ3n) is 3.97. The molecule has 23 heavy (non-hydrogen) atoms. The average molecular weight is 333 g/mol. The van der Waals surface area contributed by atoms with Gasteiger partial charge in [-0.15, -0.1) is 11.3 Å². The quantitative estimate of drug-likeness (QED) is 0.632. The van der Waals surface area contributed by atoms with Crippen LogP contribution in [0.1, 0.15) is 16.0 Å². The van der Waals surface area contributed by atoms with Crippen molar-refractivity contribution in [3.05, 3.63) is 60.2 Å². The number of pyridine rings is 1. The number of amides is 1. The number of rotatable bonds is 3. The van der Waals surface area contributed by atoms with E-state index in [-0.39, 0.29) is 18.1 Å². The highest BCUT2D eigenvalue weighted by Gasteiger charge is 2.22. The lowest BCUT2D eigenvalue weighted by atomic mass is 10.1. The van der Waals surface area contributed by atoms with Crippen molar-refractivity contribution in [1.29, 1.82) is 0 Å². The molecule has 0 spiro atoms. The van der Waals surface area contributed by atoms with Crippen LogP contribution in [0.25, 0.3) is 0 Å². The number of aromatic nitrogens is 1. The van der Waals surface area contributed by atoms with E-state index in [1.807, 2.05) is 11.4 Å². The molecule has 7 nitrogen and oxygen atoms in total. The van der Waals surface area contributed by atoms with Gasteiger partial charge in [-0.3, -0.25) is 24.3 Å². The SMILES string of the molecule is Cc1cc(=O)n(CC(=O)N2CCc3sccc3C2)cc1[N+](=O)[O-]. The van der Waals surface area contributed by atoms with Crippen LogP contribution >= 0.6 is 11.3 Å². The summed E-state index contributed by atoms with van der Waals surface area (Å²) < 4.78 is 1.11. The van der Waals surface area contributed by atoms with Crippen molar-refractivity contribution in [2.24, 2.45) is 0 Å². The minimum Gasteiger partial charge on any atom is -0.336 e. The van der Waals surface area contributed by atoms with Gasteiger partial charge in [0.05, 0.1) is 11.1 Å². The summed E-state index contributed by atoms with van der Waals surface area (Å²) in [6.45, 7) is 2.46. The summed E-state index contributed by atoms with van der Waals surface area (Å²) in [6, 6.07) is 3.20. The maximum atomic E-state index is 12.4. The number of hydrogen-bond donors (Lipinski definition) is 0. The van der Waals surface area contributed by atoms with E-state index < -0.39 is 10.5 Å². The normalized spacial score (nSPS) is 13.7. The Labute approximate surface area is 135 Å². The van der Waals surface area contributed by atoms with E-state index in [0.717, 1.165) is 22.7 Å². The van der Waals surface area contributed by atoms with Gasteiger partial charge in [0.2, 0.25) is 5.91 Å². The van der Waals surface area contributed by atoms with Crippen LogP contribution in [-0.2, 0) is 24.3 Å². The molecule has 0 radical (unpaired) electrons. The van der Waals surface area contributed by atoms with Crippen LogP contribution in [-0.4, -0.2) is 26.8 Å². The Kier molecular flexibility index (Phi) is 3.99. The lowest BCUT2D eigenvalue weighted by molar-refractivity contribution is -0.385. The molecule has 0 aromatic carbocycles. The first kappa shape index (κ1) is 15.4. The van der Waals surface area contributed by atoms with Crippen molar-refractivity contribution < 1.29 is 9.72 Å². The monoisotopic (exact) mass is 333 g/mol. The zero-order valence-electron chi connectivity index (χ0n) is 12.5. The van der Waals surface area contributed by atoms with Crippen molar-refractivity contribution in [2.45, 2.75) is 26.4 Å². The third-order valence-corrected chi connectivity index (χ3v) is 4.99. The molecular weight excluding hydrogens is 318 g/mol. The van der Waals surface area contributed by atoms with Crippen LogP contribution in [0.2, 0.25) is 0 Å². The van der Waals surface area contributed by atoms with Crippen LogP contribution < -0.4 is 5.56 Å². The van der Waals surface area contributed by atoms with Crippen LogP contribution in [0.3, 0.4) is 0 Å². The van der Waals surface area contributed by atoms with E-state index in [1.54, 1.807) is 16.2 Å². The van der Waals surface area contributed by atoms with Gasteiger partial charge in [-0.2, -0.15) is 0 Å². The Bertz CT molecular complexity index is 839. The lowest BCUT2D eigenvalue weighted by Crippen LogP contribution is -2.39. The van der Waals surface area contributed by atoms with Crippen LogP contribution in [0.5, 0.6) is 0 Å². The van der Waals surface area contributed by atoms with Crippen molar-refractivity contribution in [3.8, 4) is 0 Å². The lowest BCUT2D eigenvalue weighted by Gasteiger charge is -2.27. The molecule has 3 heterocycles. The van der Waals surface area contributed by atoms with Crippen LogP contribution in [0.15, 0.2) is 28.5 Å². The highest BCUT2D eigenvalue weighted by molar-refractivity contribution is 7.10. The molecule has 0 fully saturated rings.